The van der Waals surface area contributed by atoms with Gasteiger partial charge < -0.3 is 14.2 Å². The molecule has 1 aliphatic rings. The molecule has 1 fully saturated rings. The number of ketones is 1. The SMILES string of the molecule is CCCCOCCOC1CC(=O)C1OC. The third kappa shape index (κ3) is 3.89. The molecule has 0 saturated heterocycles. The topological polar surface area (TPSA) is 44.8 Å². The molecule has 1 aliphatic carbocycles. The van der Waals surface area contributed by atoms with Crippen molar-refractivity contribution in [1.82, 2.24) is 0 Å². The molecule has 0 bridgehead atoms. The first kappa shape index (κ1) is 12.6. The summed E-state index contributed by atoms with van der Waals surface area (Å²) in [4.78, 5) is 11.0. The van der Waals surface area contributed by atoms with Crippen LogP contribution < -0.4 is 0 Å². The number of ether oxygens (including phenoxy) is 3. The molecular formula is C11H20O4. The van der Waals surface area contributed by atoms with Crippen molar-refractivity contribution < 1.29 is 19.0 Å². The van der Waals surface area contributed by atoms with Gasteiger partial charge in [-0.1, -0.05) is 13.3 Å². The maximum atomic E-state index is 11.0. The summed E-state index contributed by atoms with van der Waals surface area (Å²) in [6, 6.07) is 0. The van der Waals surface area contributed by atoms with Crippen molar-refractivity contribution in [3.63, 3.8) is 0 Å². The third-order valence-corrected chi connectivity index (χ3v) is 2.51. The summed E-state index contributed by atoms with van der Waals surface area (Å²) in [6.07, 6.45) is 2.30. The first-order chi connectivity index (χ1) is 7.29. The van der Waals surface area contributed by atoms with Crippen LogP contribution in [0.25, 0.3) is 0 Å². The van der Waals surface area contributed by atoms with Gasteiger partial charge in [0.05, 0.1) is 19.3 Å². The first-order valence-electron chi connectivity index (χ1n) is 5.54. The molecule has 0 spiro atoms. The van der Waals surface area contributed by atoms with E-state index in [4.69, 9.17) is 14.2 Å². The van der Waals surface area contributed by atoms with Crippen LogP contribution in [0.2, 0.25) is 0 Å². The Labute approximate surface area is 90.9 Å². The molecule has 4 nitrogen and oxygen atoms in total. The van der Waals surface area contributed by atoms with Crippen molar-refractivity contribution in [2.24, 2.45) is 0 Å². The van der Waals surface area contributed by atoms with Gasteiger partial charge in [-0.3, -0.25) is 4.79 Å². The van der Waals surface area contributed by atoms with E-state index in [0.29, 0.717) is 19.6 Å². The molecule has 0 aromatic rings. The molecule has 15 heavy (non-hydrogen) atoms. The van der Waals surface area contributed by atoms with Gasteiger partial charge in [-0.05, 0) is 6.42 Å². The molecule has 0 radical (unpaired) electrons. The highest BCUT2D eigenvalue weighted by Crippen LogP contribution is 2.21. The van der Waals surface area contributed by atoms with Crippen LogP contribution in [-0.4, -0.2) is 44.9 Å². The summed E-state index contributed by atoms with van der Waals surface area (Å²) in [7, 11) is 1.54. The average molecular weight is 216 g/mol. The fourth-order valence-electron chi connectivity index (χ4n) is 1.50. The number of carbonyl (C=O) groups is 1. The second-order valence-corrected chi connectivity index (χ2v) is 3.70. The minimum atomic E-state index is -0.347. The second-order valence-electron chi connectivity index (χ2n) is 3.70. The Balaban J connectivity index is 1.94. The number of hydrogen-bond acceptors (Lipinski definition) is 4. The minimum Gasteiger partial charge on any atom is -0.379 e. The van der Waals surface area contributed by atoms with Gasteiger partial charge in [-0.2, -0.15) is 0 Å². The van der Waals surface area contributed by atoms with Gasteiger partial charge in [0.2, 0.25) is 0 Å². The van der Waals surface area contributed by atoms with E-state index < -0.39 is 0 Å². The summed E-state index contributed by atoms with van der Waals surface area (Å²) in [6.45, 7) is 4.06. The molecule has 2 atom stereocenters. The number of carbonyl (C=O) groups excluding carboxylic acids is 1. The predicted octanol–water partition coefficient (Wildman–Crippen LogP) is 1.18. The number of hydrogen-bond donors (Lipinski definition) is 0. The smallest absolute Gasteiger partial charge is 0.166 e. The van der Waals surface area contributed by atoms with E-state index in [2.05, 4.69) is 6.92 Å². The summed E-state index contributed by atoms with van der Waals surface area (Å²) >= 11 is 0. The normalized spacial score (nSPS) is 25.3. The first-order valence-corrected chi connectivity index (χ1v) is 5.54. The lowest BCUT2D eigenvalue weighted by Gasteiger charge is -2.33. The lowest BCUT2D eigenvalue weighted by atomic mass is 9.90. The fourth-order valence-corrected chi connectivity index (χ4v) is 1.50. The van der Waals surface area contributed by atoms with Gasteiger partial charge in [0.15, 0.2) is 5.78 Å². The highest BCUT2D eigenvalue weighted by atomic mass is 16.6. The van der Waals surface area contributed by atoms with Crippen LogP contribution in [0.3, 0.4) is 0 Å². The molecule has 0 aromatic carbocycles. The molecular weight excluding hydrogens is 196 g/mol. The van der Waals surface area contributed by atoms with Gasteiger partial charge in [0.25, 0.3) is 0 Å². The van der Waals surface area contributed by atoms with Gasteiger partial charge in [-0.15, -0.1) is 0 Å². The van der Waals surface area contributed by atoms with Crippen LogP contribution in [0.4, 0.5) is 0 Å². The molecule has 88 valence electrons. The number of methoxy groups -OCH3 is 1. The largest absolute Gasteiger partial charge is 0.379 e. The quantitative estimate of drug-likeness (QED) is 0.571. The zero-order valence-electron chi connectivity index (χ0n) is 9.53. The van der Waals surface area contributed by atoms with Crippen LogP contribution in [-0.2, 0) is 19.0 Å². The highest BCUT2D eigenvalue weighted by Gasteiger charge is 2.40. The summed E-state index contributed by atoms with van der Waals surface area (Å²) < 4.78 is 15.8. The molecule has 0 heterocycles. The molecule has 1 saturated carbocycles. The molecule has 0 N–H and O–H groups in total. The van der Waals surface area contributed by atoms with Crippen molar-refractivity contribution in [2.75, 3.05) is 26.9 Å². The molecule has 2 unspecified atom stereocenters. The van der Waals surface area contributed by atoms with Crippen molar-refractivity contribution in [2.45, 2.75) is 38.4 Å². The maximum absolute atomic E-state index is 11.0. The van der Waals surface area contributed by atoms with Crippen molar-refractivity contribution in [1.29, 1.82) is 0 Å². The Morgan fingerprint density at radius 2 is 2.13 bits per heavy atom. The molecule has 4 heteroatoms. The second kappa shape index (κ2) is 6.93. The standard InChI is InChI=1S/C11H20O4/c1-3-4-5-14-6-7-15-10-8-9(12)11(10)13-2/h10-11H,3-8H2,1-2H3. The maximum Gasteiger partial charge on any atom is 0.166 e. The van der Waals surface area contributed by atoms with Crippen molar-refractivity contribution in [3.05, 3.63) is 0 Å². The monoisotopic (exact) mass is 216 g/mol. The van der Waals surface area contributed by atoms with Gasteiger partial charge in [0.1, 0.15) is 6.10 Å². The van der Waals surface area contributed by atoms with Crippen molar-refractivity contribution in [3.8, 4) is 0 Å². The highest BCUT2D eigenvalue weighted by molar-refractivity contribution is 5.90. The molecule has 1 rings (SSSR count). The molecule has 0 amide bonds. The summed E-state index contributed by atoms with van der Waals surface area (Å²) in [5.41, 5.74) is 0. The van der Waals surface area contributed by atoms with Crippen LogP contribution >= 0.6 is 0 Å². The number of rotatable bonds is 8. The average Bonchev–Trinajstić information content (AvgIpc) is 2.22. The van der Waals surface area contributed by atoms with E-state index in [9.17, 15) is 4.79 Å². The minimum absolute atomic E-state index is 0.0581. The van der Waals surface area contributed by atoms with E-state index in [1.807, 2.05) is 0 Å². The van der Waals surface area contributed by atoms with Crippen molar-refractivity contribution >= 4 is 5.78 Å². The van der Waals surface area contributed by atoms with Gasteiger partial charge in [-0.25, -0.2) is 0 Å². The van der Waals surface area contributed by atoms with E-state index in [-0.39, 0.29) is 18.0 Å². The zero-order valence-corrected chi connectivity index (χ0v) is 9.53. The van der Waals surface area contributed by atoms with Crippen LogP contribution in [0.15, 0.2) is 0 Å². The number of Topliss-reactive ketones (excluding diaryl/α,β-unsaturated/α-hetero) is 1. The summed E-state index contributed by atoms with van der Waals surface area (Å²) in [5, 5.41) is 0. The Morgan fingerprint density at radius 1 is 1.33 bits per heavy atom. The lowest BCUT2D eigenvalue weighted by Crippen LogP contribution is -2.50. The Kier molecular flexibility index (Phi) is 5.83. The van der Waals surface area contributed by atoms with Crippen LogP contribution in [0.1, 0.15) is 26.2 Å². The van der Waals surface area contributed by atoms with E-state index in [1.54, 1.807) is 0 Å². The van der Waals surface area contributed by atoms with Crippen LogP contribution in [0, 0.1) is 0 Å². The Bertz CT molecular complexity index is 193. The number of unbranched alkanes of at least 4 members (excludes halogenated alkanes) is 1. The zero-order chi connectivity index (χ0) is 11.1. The third-order valence-electron chi connectivity index (χ3n) is 2.51. The van der Waals surface area contributed by atoms with E-state index in [0.717, 1.165) is 19.4 Å². The van der Waals surface area contributed by atoms with E-state index >= 15 is 0 Å². The Morgan fingerprint density at radius 3 is 2.73 bits per heavy atom. The Hall–Kier alpha value is -0.450. The van der Waals surface area contributed by atoms with E-state index in [1.165, 1.54) is 7.11 Å². The van der Waals surface area contributed by atoms with Gasteiger partial charge >= 0.3 is 0 Å². The lowest BCUT2D eigenvalue weighted by molar-refractivity contribution is -0.163. The fraction of sp³-hybridized carbons (Fsp3) is 0.909. The van der Waals surface area contributed by atoms with Gasteiger partial charge in [0, 0.05) is 20.1 Å². The van der Waals surface area contributed by atoms with Crippen LogP contribution in [0.5, 0.6) is 0 Å². The molecule has 0 aromatic heterocycles. The predicted molar refractivity (Wildman–Crippen MR) is 55.9 cm³/mol. The summed E-state index contributed by atoms with van der Waals surface area (Å²) in [5.74, 6) is 0.134. The molecule has 0 aliphatic heterocycles.